The summed E-state index contributed by atoms with van der Waals surface area (Å²) in [5, 5.41) is 0. The SMILES string of the molecule is CCC(CC)OC(=O)CCC(=O)O[C@H]1CC[C@@]2(C)C(=CC(C)C3C2CC[C@@]2(C)C3CC[C@@H]2[C@H](C)CCCC(C)C)C1. The van der Waals surface area contributed by atoms with E-state index in [1.807, 2.05) is 13.8 Å². The molecular formula is C37H62O4. The number of rotatable bonds is 12. The number of fused-ring (bicyclic) bond motifs is 5. The van der Waals surface area contributed by atoms with Gasteiger partial charge in [0.15, 0.2) is 0 Å². The number of esters is 2. The zero-order chi connectivity index (χ0) is 29.9. The molecule has 0 saturated heterocycles. The van der Waals surface area contributed by atoms with Gasteiger partial charge >= 0.3 is 11.9 Å². The van der Waals surface area contributed by atoms with Crippen molar-refractivity contribution in [2.75, 3.05) is 0 Å². The van der Waals surface area contributed by atoms with Gasteiger partial charge in [-0.05, 0) is 104 Å². The lowest BCUT2D eigenvalue weighted by molar-refractivity contribution is -0.157. The molecule has 0 spiro atoms. The van der Waals surface area contributed by atoms with Crippen LogP contribution < -0.4 is 0 Å². The maximum Gasteiger partial charge on any atom is 0.306 e. The Morgan fingerprint density at radius 1 is 0.927 bits per heavy atom. The third-order valence-electron chi connectivity index (χ3n) is 12.6. The van der Waals surface area contributed by atoms with Crippen molar-refractivity contribution in [1.29, 1.82) is 0 Å². The lowest BCUT2D eigenvalue weighted by atomic mass is 9.45. The van der Waals surface area contributed by atoms with Gasteiger partial charge in [0.1, 0.15) is 12.2 Å². The number of hydrogen-bond donors (Lipinski definition) is 0. The Morgan fingerprint density at radius 2 is 1.63 bits per heavy atom. The fourth-order valence-corrected chi connectivity index (χ4v) is 10.3. The van der Waals surface area contributed by atoms with E-state index in [-0.39, 0.29) is 42.4 Å². The van der Waals surface area contributed by atoms with Crippen LogP contribution in [0, 0.1) is 52.3 Å². The summed E-state index contributed by atoms with van der Waals surface area (Å²) < 4.78 is 11.4. The molecule has 4 nitrogen and oxygen atoms in total. The van der Waals surface area contributed by atoms with Crippen LogP contribution in [0.1, 0.15) is 145 Å². The summed E-state index contributed by atoms with van der Waals surface area (Å²) in [7, 11) is 0. The Labute approximate surface area is 252 Å². The van der Waals surface area contributed by atoms with Crippen LogP contribution in [0.5, 0.6) is 0 Å². The van der Waals surface area contributed by atoms with Gasteiger partial charge in [-0.3, -0.25) is 9.59 Å². The molecule has 4 rings (SSSR count). The van der Waals surface area contributed by atoms with E-state index < -0.39 is 0 Å². The van der Waals surface area contributed by atoms with Crippen LogP contribution in [0.4, 0.5) is 0 Å². The first-order valence-electron chi connectivity index (χ1n) is 17.5. The summed E-state index contributed by atoms with van der Waals surface area (Å²) >= 11 is 0. The van der Waals surface area contributed by atoms with Gasteiger partial charge in [0.05, 0.1) is 12.8 Å². The summed E-state index contributed by atoms with van der Waals surface area (Å²) in [6, 6.07) is 0. The number of carbonyl (C=O) groups excluding carboxylic acids is 2. The van der Waals surface area contributed by atoms with Crippen LogP contribution in [0.25, 0.3) is 0 Å². The van der Waals surface area contributed by atoms with E-state index in [0.29, 0.717) is 11.3 Å². The molecule has 0 heterocycles. The maximum absolute atomic E-state index is 12.7. The molecule has 0 radical (unpaired) electrons. The quantitative estimate of drug-likeness (QED) is 0.173. The zero-order valence-corrected chi connectivity index (χ0v) is 27.8. The van der Waals surface area contributed by atoms with Crippen molar-refractivity contribution in [1.82, 2.24) is 0 Å². The fraction of sp³-hybridized carbons (Fsp3) is 0.892. The molecule has 0 N–H and O–H groups in total. The van der Waals surface area contributed by atoms with E-state index in [4.69, 9.17) is 9.47 Å². The van der Waals surface area contributed by atoms with Crippen LogP contribution in [0.2, 0.25) is 0 Å². The van der Waals surface area contributed by atoms with Gasteiger partial charge in [-0.2, -0.15) is 0 Å². The lowest BCUT2D eigenvalue weighted by Crippen LogP contribution is -2.53. The van der Waals surface area contributed by atoms with E-state index in [2.05, 4.69) is 47.6 Å². The molecule has 3 fully saturated rings. The minimum Gasteiger partial charge on any atom is -0.462 e. The van der Waals surface area contributed by atoms with Crippen LogP contribution >= 0.6 is 0 Å². The minimum atomic E-state index is -0.287. The van der Waals surface area contributed by atoms with Crippen LogP contribution in [-0.2, 0) is 19.1 Å². The van der Waals surface area contributed by atoms with E-state index in [0.717, 1.165) is 67.6 Å². The molecule has 0 aromatic heterocycles. The second kappa shape index (κ2) is 13.5. The van der Waals surface area contributed by atoms with Crippen molar-refractivity contribution < 1.29 is 19.1 Å². The van der Waals surface area contributed by atoms with E-state index in [1.54, 1.807) is 5.57 Å². The Bertz CT molecular complexity index is 933. The van der Waals surface area contributed by atoms with Gasteiger partial charge in [0.2, 0.25) is 0 Å². The molecule has 4 aliphatic carbocycles. The van der Waals surface area contributed by atoms with Gasteiger partial charge < -0.3 is 9.47 Å². The number of allylic oxidation sites excluding steroid dienone is 1. The largest absolute Gasteiger partial charge is 0.462 e. The van der Waals surface area contributed by atoms with Gasteiger partial charge in [0, 0.05) is 6.42 Å². The molecule has 4 heteroatoms. The summed E-state index contributed by atoms with van der Waals surface area (Å²) in [6.45, 7) is 19.0. The summed E-state index contributed by atoms with van der Waals surface area (Å²) in [5.74, 6) is 4.98. The molecule has 0 aromatic rings. The van der Waals surface area contributed by atoms with Crippen LogP contribution in [0.15, 0.2) is 11.6 Å². The number of hydrogen-bond acceptors (Lipinski definition) is 4. The number of ether oxygens (including phenoxy) is 2. The first-order valence-corrected chi connectivity index (χ1v) is 17.5. The van der Waals surface area contributed by atoms with Crippen molar-refractivity contribution in [2.45, 2.75) is 157 Å². The topological polar surface area (TPSA) is 52.6 Å². The van der Waals surface area contributed by atoms with Crippen molar-refractivity contribution in [2.24, 2.45) is 52.3 Å². The normalized spacial score (nSPS) is 37.2. The first kappa shape index (κ1) is 32.6. The molecule has 0 aromatic carbocycles. The number of carbonyl (C=O) groups is 2. The summed E-state index contributed by atoms with van der Waals surface area (Å²) in [6.07, 6.45) is 17.0. The van der Waals surface area contributed by atoms with Crippen LogP contribution in [-0.4, -0.2) is 24.1 Å². The lowest BCUT2D eigenvalue weighted by Gasteiger charge is -2.60. The highest BCUT2D eigenvalue weighted by Crippen LogP contribution is 2.68. The molecule has 9 atom stereocenters. The molecule has 0 amide bonds. The smallest absolute Gasteiger partial charge is 0.306 e. The molecule has 234 valence electrons. The Hall–Kier alpha value is -1.32. The average molecular weight is 571 g/mol. The highest BCUT2D eigenvalue weighted by molar-refractivity contribution is 5.77. The third kappa shape index (κ3) is 6.93. The summed E-state index contributed by atoms with van der Waals surface area (Å²) in [4.78, 5) is 24.8. The van der Waals surface area contributed by atoms with Crippen molar-refractivity contribution in [3.63, 3.8) is 0 Å². The molecule has 4 unspecified atom stereocenters. The predicted molar refractivity (Wildman–Crippen MR) is 167 cm³/mol. The van der Waals surface area contributed by atoms with Crippen molar-refractivity contribution in [3.8, 4) is 0 Å². The standard InChI is InChI=1S/C37H62O4/c1-9-28(10-2)40-33(38)16-17-34(39)41-29-18-20-36(7)27(23-29)22-26(6)35-31-15-14-30(25(5)13-11-12-24(3)4)37(31,8)21-19-32(35)36/h22,24-26,28-32,35H,9-21,23H2,1-8H3/t25-,26?,29+,30-,31?,32?,35?,36+,37-/m1/s1. The van der Waals surface area contributed by atoms with E-state index in [1.165, 1.54) is 44.9 Å². The maximum atomic E-state index is 12.7. The molecule has 41 heavy (non-hydrogen) atoms. The van der Waals surface area contributed by atoms with E-state index >= 15 is 0 Å². The molecule has 4 aliphatic rings. The summed E-state index contributed by atoms with van der Waals surface area (Å²) in [5.41, 5.74) is 2.28. The van der Waals surface area contributed by atoms with Crippen molar-refractivity contribution in [3.05, 3.63) is 11.6 Å². The Morgan fingerprint density at radius 3 is 2.32 bits per heavy atom. The third-order valence-corrected chi connectivity index (χ3v) is 12.6. The second-order valence-electron chi connectivity index (χ2n) is 15.6. The van der Waals surface area contributed by atoms with Gasteiger partial charge in [-0.25, -0.2) is 0 Å². The first-order chi connectivity index (χ1) is 19.4. The predicted octanol–water partition coefficient (Wildman–Crippen LogP) is 9.70. The Kier molecular flexibility index (Phi) is 10.8. The fourth-order valence-electron chi connectivity index (χ4n) is 10.3. The average Bonchev–Trinajstić information content (AvgIpc) is 3.28. The van der Waals surface area contributed by atoms with Gasteiger partial charge in [0.25, 0.3) is 0 Å². The zero-order valence-electron chi connectivity index (χ0n) is 27.8. The van der Waals surface area contributed by atoms with Crippen molar-refractivity contribution >= 4 is 11.9 Å². The highest BCUT2D eigenvalue weighted by atomic mass is 16.5. The molecule has 0 bridgehead atoms. The highest BCUT2D eigenvalue weighted by Gasteiger charge is 2.60. The van der Waals surface area contributed by atoms with E-state index in [9.17, 15) is 9.59 Å². The molecular weight excluding hydrogens is 508 g/mol. The molecule has 0 aliphatic heterocycles. The van der Waals surface area contributed by atoms with Gasteiger partial charge in [-0.1, -0.05) is 86.3 Å². The Balaban J connectivity index is 1.36. The second-order valence-corrected chi connectivity index (χ2v) is 15.6. The van der Waals surface area contributed by atoms with Gasteiger partial charge in [-0.15, -0.1) is 0 Å². The van der Waals surface area contributed by atoms with Crippen LogP contribution in [0.3, 0.4) is 0 Å². The minimum absolute atomic E-state index is 0.0514. The molecule has 3 saturated carbocycles. The monoisotopic (exact) mass is 570 g/mol.